The van der Waals surface area contributed by atoms with Gasteiger partial charge >= 0.3 is 0 Å². The van der Waals surface area contributed by atoms with Gasteiger partial charge in [-0.05, 0) is 37.0 Å². The predicted octanol–water partition coefficient (Wildman–Crippen LogP) is 3.12. The molecule has 2 rings (SSSR count). The van der Waals surface area contributed by atoms with Crippen molar-refractivity contribution in [3.63, 3.8) is 0 Å². The van der Waals surface area contributed by atoms with E-state index in [0.29, 0.717) is 19.3 Å². The molecule has 0 amide bonds. The Hall–Kier alpha value is -0.0400. The molecule has 2 fully saturated rings. The van der Waals surface area contributed by atoms with Crippen LogP contribution in [0.4, 0.5) is 0 Å². The minimum absolute atomic E-state index is 0.127. The van der Waals surface area contributed by atoms with Crippen LogP contribution in [0.3, 0.4) is 0 Å². The molecule has 1 heteroatoms. The van der Waals surface area contributed by atoms with E-state index in [1.165, 1.54) is 0 Å². The van der Waals surface area contributed by atoms with Gasteiger partial charge in [0.15, 0.2) is 0 Å². The van der Waals surface area contributed by atoms with Gasteiger partial charge in [0.25, 0.3) is 0 Å². The van der Waals surface area contributed by atoms with Gasteiger partial charge in [-0.1, -0.05) is 33.0 Å². The molecule has 0 aliphatic heterocycles. The first-order chi connectivity index (χ1) is 7.33. The lowest BCUT2D eigenvalue weighted by atomic mass is 9.54. The third-order valence-corrected chi connectivity index (χ3v) is 4.30. The summed E-state index contributed by atoms with van der Waals surface area (Å²) in [4.78, 5) is 0. The average molecular weight is 185 g/mol. The molecule has 0 aromatic heterocycles. The monoisotopic (exact) mass is 185 g/mol. The van der Waals surface area contributed by atoms with Crippen LogP contribution in [0.1, 0.15) is 62.8 Å². The van der Waals surface area contributed by atoms with Crippen LogP contribution in [0, 0.1) is 11.3 Å². The van der Waals surface area contributed by atoms with E-state index in [1.807, 2.05) is 6.92 Å². The second kappa shape index (κ2) is 2.98. The van der Waals surface area contributed by atoms with E-state index in [-0.39, 0.29) is 5.92 Å². The van der Waals surface area contributed by atoms with Gasteiger partial charge in [-0.3, -0.25) is 0 Å². The molecule has 1 nitrogen and oxygen atoms in total. The van der Waals surface area contributed by atoms with Gasteiger partial charge in [-0.25, -0.2) is 0 Å². The van der Waals surface area contributed by atoms with E-state index >= 15 is 0 Å². The zero-order chi connectivity index (χ0) is 12.0. The van der Waals surface area contributed by atoms with Gasteiger partial charge in [0.1, 0.15) is 0 Å². The van der Waals surface area contributed by atoms with Gasteiger partial charge in [0.05, 0.1) is 5.60 Å². The van der Waals surface area contributed by atoms with E-state index < -0.39 is 17.9 Å². The highest BCUT2D eigenvalue weighted by atomic mass is 16.3. The van der Waals surface area contributed by atoms with E-state index in [9.17, 15) is 5.11 Å². The van der Waals surface area contributed by atoms with E-state index in [2.05, 4.69) is 0 Å². The molecule has 0 saturated heterocycles. The van der Waals surface area contributed by atoms with Gasteiger partial charge < -0.3 is 5.11 Å². The highest BCUT2D eigenvalue weighted by molar-refractivity contribution is 5.04. The number of hydrogen-bond donors (Lipinski definition) is 1. The quantitative estimate of drug-likeness (QED) is 0.615. The maximum absolute atomic E-state index is 10.9. The van der Waals surface area contributed by atoms with Crippen LogP contribution in [0.25, 0.3) is 0 Å². The molecule has 76 valence electrons. The number of rotatable bonds is 0. The van der Waals surface area contributed by atoms with Crippen LogP contribution in [0.5, 0.6) is 0 Å². The zero-order valence-electron chi connectivity index (χ0n) is 11.5. The molecule has 2 aliphatic carbocycles. The zero-order valence-corrected chi connectivity index (χ0v) is 8.47. The first kappa shape index (κ1) is 6.44. The maximum Gasteiger partial charge on any atom is 0.0726 e. The molecule has 0 aromatic carbocycles. The Morgan fingerprint density at radius 3 is 2.62 bits per heavy atom. The lowest BCUT2D eigenvalue weighted by molar-refractivity contribution is -0.164. The van der Waals surface area contributed by atoms with Crippen LogP contribution in [-0.2, 0) is 0 Å². The first-order valence-corrected chi connectivity index (χ1v) is 5.56. The molecule has 0 unspecified atom stereocenters. The van der Waals surface area contributed by atoms with Gasteiger partial charge in [0.2, 0.25) is 0 Å². The van der Waals surface area contributed by atoms with Crippen molar-refractivity contribution in [2.24, 2.45) is 11.3 Å². The fraction of sp³-hybridized carbons (Fsp3) is 1.00. The normalized spacial score (nSPS) is 55.8. The van der Waals surface area contributed by atoms with Crippen molar-refractivity contribution in [1.82, 2.24) is 0 Å². The Balaban J connectivity index is 2.44. The molecule has 0 bridgehead atoms. The topological polar surface area (TPSA) is 20.2 Å². The molecule has 13 heavy (non-hydrogen) atoms. The summed E-state index contributed by atoms with van der Waals surface area (Å²) in [5.74, 6) is 0.127. The molecule has 0 spiro atoms. The third-order valence-electron chi connectivity index (χ3n) is 4.30. The van der Waals surface area contributed by atoms with Gasteiger partial charge in [0, 0.05) is 4.11 Å². The smallest absolute Gasteiger partial charge is 0.0726 e. The molecule has 0 aromatic rings. The van der Waals surface area contributed by atoms with E-state index in [0.717, 1.165) is 25.7 Å². The SMILES string of the molecule is [2H]C([2H])([2H])[C@@]12CCCC[C@@]1(O)[C@H](C)CCC2. The van der Waals surface area contributed by atoms with Crippen LogP contribution in [-0.4, -0.2) is 10.7 Å². The molecular weight excluding hydrogens is 160 g/mol. The van der Waals surface area contributed by atoms with Crippen molar-refractivity contribution in [1.29, 1.82) is 0 Å². The Morgan fingerprint density at radius 2 is 1.92 bits per heavy atom. The number of hydrogen-bond acceptors (Lipinski definition) is 1. The largest absolute Gasteiger partial charge is 0.389 e. The fourth-order valence-electron chi connectivity index (χ4n) is 3.29. The van der Waals surface area contributed by atoms with Crippen LogP contribution < -0.4 is 0 Å². The summed E-state index contributed by atoms with van der Waals surface area (Å²) in [6.07, 6.45) is 5.85. The van der Waals surface area contributed by atoms with Gasteiger partial charge in [-0.2, -0.15) is 0 Å². The molecule has 3 atom stereocenters. The summed E-state index contributed by atoms with van der Waals surface area (Å²) in [5, 5.41) is 10.9. The number of fused-ring (bicyclic) bond motifs is 1. The van der Waals surface area contributed by atoms with Crippen molar-refractivity contribution in [3.05, 3.63) is 0 Å². The van der Waals surface area contributed by atoms with Crippen molar-refractivity contribution < 1.29 is 9.22 Å². The van der Waals surface area contributed by atoms with Crippen LogP contribution >= 0.6 is 0 Å². The minimum Gasteiger partial charge on any atom is -0.389 e. The number of aliphatic hydroxyl groups is 1. The summed E-state index contributed by atoms with van der Waals surface area (Å²) < 4.78 is 23.5. The molecule has 2 saturated carbocycles. The van der Waals surface area contributed by atoms with Gasteiger partial charge in [-0.15, -0.1) is 0 Å². The van der Waals surface area contributed by atoms with Crippen molar-refractivity contribution >= 4 is 0 Å². The van der Waals surface area contributed by atoms with Crippen molar-refractivity contribution in [2.45, 2.75) is 64.3 Å². The summed E-state index contributed by atoms with van der Waals surface area (Å²) in [6.45, 7) is 0.00181. The van der Waals surface area contributed by atoms with Crippen molar-refractivity contribution in [3.8, 4) is 0 Å². The maximum atomic E-state index is 10.9. The summed E-state index contributed by atoms with van der Waals surface area (Å²) in [5.41, 5.74) is -1.77. The summed E-state index contributed by atoms with van der Waals surface area (Å²) >= 11 is 0. The fourth-order valence-corrected chi connectivity index (χ4v) is 3.29. The highest BCUT2D eigenvalue weighted by Gasteiger charge is 2.52. The summed E-state index contributed by atoms with van der Waals surface area (Å²) in [6, 6.07) is 0. The minimum atomic E-state index is -2.02. The molecule has 2 aliphatic rings. The molecule has 1 N–H and O–H groups in total. The Bertz CT molecular complexity index is 272. The second-order valence-corrected chi connectivity index (χ2v) is 5.01. The first-order valence-electron chi connectivity index (χ1n) is 7.06. The highest BCUT2D eigenvalue weighted by Crippen LogP contribution is 2.55. The molecular formula is C12H22O. The Kier molecular flexibility index (Phi) is 1.48. The third kappa shape index (κ3) is 1.24. The Morgan fingerprint density at radius 1 is 1.23 bits per heavy atom. The van der Waals surface area contributed by atoms with E-state index in [4.69, 9.17) is 4.11 Å². The lowest BCUT2D eigenvalue weighted by Gasteiger charge is -2.55. The van der Waals surface area contributed by atoms with Crippen molar-refractivity contribution in [2.75, 3.05) is 0 Å². The van der Waals surface area contributed by atoms with E-state index in [1.54, 1.807) is 0 Å². The van der Waals surface area contributed by atoms with Crippen LogP contribution in [0.15, 0.2) is 0 Å². The average Bonchev–Trinajstić information content (AvgIpc) is 2.18. The predicted molar refractivity (Wildman–Crippen MR) is 54.5 cm³/mol. The Labute approximate surface area is 85.8 Å². The standard InChI is InChI=1S/C12H22O/c1-10-6-5-8-11(2)7-3-4-9-12(10,11)13/h10,13H,3-9H2,1-2H3/t10-,11+,12-/m1/s1/i2D3. The second-order valence-electron chi connectivity index (χ2n) is 5.01. The molecule has 0 radical (unpaired) electrons. The van der Waals surface area contributed by atoms with Crippen LogP contribution in [0.2, 0.25) is 0 Å². The summed E-state index contributed by atoms with van der Waals surface area (Å²) in [7, 11) is 0. The molecule has 0 heterocycles. The lowest BCUT2D eigenvalue weighted by Crippen LogP contribution is -2.55.